The van der Waals surface area contributed by atoms with Crippen molar-refractivity contribution >= 4 is 12.0 Å². The molecule has 0 unspecified atom stereocenters. The molecule has 0 aromatic carbocycles. The van der Waals surface area contributed by atoms with Crippen LogP contribution in [-0.2, 0) is 14.3 Å². The number of methoxy groups -OCH3 is 1. The van der Waals surface area contributed by atoms with Crippen molar-refractivity contribution in [2.24, 2.45) is 0 Å². The number of hydrogen-bond acceptors (Lipinski definition) is 4. The predicted molar refractivity (Wildman–Crippen MR) is 59.2 cm³/mol. The first-order valence-electron chi connectivity index (χ1n) is 5.13. The number of carbonyl (C=O) groups is 2. The Labute approximate surface area is 96.1 Å². The number of esters is 1. The molecule has 0 N–H and O–H groups in total. The number of carbonyl (C=O) groups excluding carboxylic acids is 2. The molecule has 6 heteroatoms. The van der Waals surface area contributed by atoms with E-state index in [4.69, 9.17) is 9.47 Å². The monoisotopic (exact) mass is 232 g/mol. The fraction of sp³-hybridized carbons (Fsp3) is 0.800. The minimum Gasteiger partial charge on any atom is -0.465 e. The maximum atomic E-state index is 11.7. The topological polar surface area (TPSA) is 59.1 Å². The molecule has 0 aromatic heterocycles. The van der Waals surface area contributed by atoms with Crippen molar-refractivity contribution in [2.45, 2.75) is 6.92 Å². The summed E-state index contributed by atoms with van der Waals surface area (Å²) in [5.41, 5.74) is 0. The summed E-state index contributed by atoms with van der Waals surface area (Å²) in [6.07, 6.45) is 0. The number of nitrogens with zero attached hydrogens (tertiary/aromatic N) is 2. The molecule has 6 nitrogen and oxygen atoms in total. The highest BCUT2D eigenvalue weighted by Gasteiger charge is 2.18. The minimum atomic E-state index is -0.409. The lowest BCUT2D eigenvalue weighted by atomic mass is 10.5. The number of ether oxygens (including phenoxy) is 2. The second-order valence-corrected chi connectivity index (χ2v) is 3.40. The molecule has 0 aliphatic heterocycles. The predicted octanol–water partition coefficient (Wildman–Crippen LogP) is 0.180. The molecule has 16 heavy (non-hydrogen) atoms. The van der Waals surface area contributed by atoms with Gasteiger partial charge in [0.15, 0.2) is 0 Å². The molecule has 0 saturated heterocycles. The molecule has 0 atom stereocenters. The van der Waals surface area contributed by atoms with Gasteiger partial charge in [-0.3, -0.25) is 4.79 Å². The first-order chi connectivity index (χ1) is 7.52. The molecule has 0 bridgehead atoms. The largest absolute Gasteiger partial charge is 0.465 e. The van der Waals surface area contributed by atoms with Gasteiger partial charge in [-0.15, -0.1) is 0 Å². The first kappa shape index (κ1) is 14.7. The molecule has 0 rings (SSSR count). The zero-order chi connectivity index (χ0) is 12.6. The van der Waals surface area contributed by atoms with Crippen LogP contribution in [0.4, 0.5) is 4.79 Å². The van der Waals surface area contributed by atoms with Crippen molar-refractivity contribution in [1.82, 2.24) is 9.80 Å². The van der Waals surface area contributed by atoms with Crippen LogP contribution in [0, 0.1) is 0 Å². The number of amides is 2. The van der Waals surface area contributed by atoms with Crippen LogP contribution in [0.25, 0.3) is 0 Å². The smallest absolute Gasteiger partial charge is 0.325 e. The van der Waals surface area contributed by atoms with Crippen LogP contribution in [0.5, 0.6) is 0 Å². The Hall–Kier alpha value is -1.30. The van der Waals surface area contributed by atoms with Crippen molar-refractivity contribution in [1.29, 1.82) is 0 Å². The van der Waals surface area contributed by atoms with Crippen molar-refractivity contribution in [2.75, 3.05) is 47.5 Å². The quantitative estimate of drug-likeness (QED) is 0.613. The standard InChI is InChI=1S/C10H20N2O4/c1-5-16-9(13)8-12(6-7-15-4)10(14)11(2)3/h5-8H2,1-4H3. The van der Waals surface area contributed by atoms with Gasteiger partial charge in [0, 0.05) is 27.7 Å². The molecule has 0 aromatic rings. The molecule has 0 aliphatic rings. The fourth-order valence-electron chi connectivity index (χ4n) is 1.09. The van der Waals surface area contributed by atoms with Gasteiger partial charge in [-0.2, -0.15) is 0 Å². The summed E-state index contributed by atoms with van der Waals surface area (Å²) in [7, 11) is 4.81. The van der Waals surface area contributed by atoms with Crippen LogP contribution in [0.1, 0.15) is 6.92 Å². The average Bonchev–Trinajstić information content (AvgIpc) is 2.23. The van der Waals surface area contributed by atoms with Crippen LogP contribution in [-0.4, -0.2) is 69.3 Å². The average molecular weight is 232 g/mol. The normalized spacial score (nSPS) is 9.75. The van der Waals surface area contributed by atoms with Gasteiger partial charge in [-0.25, -0.2) is 4.79 Å². The zero-order valence-electron chi connectivity index (χ0n) is 10.4. The second-order valence-electron chi connectivity index (χ2n) is 3.40. The third-order valence-corrected chi connectivity index (χ3v) is 1.84. The summed E-state index contributed by atoms with van der Waals surface area (Å²) in [6.45, 7) is 2.75. The zero-order valence-corrected chi connectivity index (χ0v) is 10.4. The molecular weight excluding hydrogens is 212 g/mol. The lowest BCUT2D eigenvalue weighted by molar-refractivity contribution is -0.143. The fourth-order valence-corrected chi connectivity index (χ4v) is 1.09. The van der Waals surface area contributed by atoms with Gasteiger partial charge in [0.05, 0.1) is 13.2 Å². The first-order valence-corrected chi connectivity index (χ1v) is 5.13. The maximum Gasteiger partial charge on any atom is 0.325 e. The summed E-state index contributed by atoms with van der Waals surface area (Å²) in [6, 6.07) is -0.231. The van der Waals surface area contributed by atoms with Crippen molar-refractivity contribution in [3.63, 3.8) is 0 Å². The van der Waals surface area contributed by atoms with Crippen molar-refractivity contribution in [3.8, 4) is 0 Å². The Morgan fingerprint density at radius 3 is 2.31 bits per heavy atom. The Balaban J connectivity index is 4.30. The summed E-state index contributed by atoms with van der Waals surface area (Å²) in [5.74, 6) is -0.409. The number of hydrogen-bond donors (Lipinski definition) is 0. The van der Waals surface area contributed by atoms with Gasteiger partial charge in [0.1, 0.15) is 6.54 Å². The highest BCUT2D eigenvalue weighted by Crippen LogP contribution is 1.96. The Morgan fingerprint density at radius 2 is 1.88 bits per heavy atom. The van der Waals surface area contributed by atoms with Crippen LogP contribution in [0.2, 0.25) is 0 Å². The maximum absolute atomic E-state index is 11.7. The van der Waals surface area contributed by atoms with Crippen molar-refractivity contribution < 1.29 is 19.1 Å². The minimum absolute atomic E-state index is 0.0474. The van der Waals surface area contributed by atoms with Gasteiger partial charge in [0.2, 0.25) is 0 Å². The van der Waals surface area contributed by atoms with Gasteiger partial charge in [-0.1, -0.05) is 0 Å². The second kappa shape index (κ2) is 7.92. The number of rotatable bonds is 6. The Morgan fingerprint density at radius 1 is 1.25 bits per heavy atom. The van der Waals surface area contributed by atoms with E-state index < -0.39 is 5.97 Å². The molecule has 0 heterocycles. The summed E-state index contributed by atoms with van der Waals surface area (Å²) >= 11 is 0. The lowest BCUT2D eigenvalue weighted by Crippen LogP contribution is -2.44. The third kappa shape index (κ3) is 5.55. The summed E-state index contributed by atoms with van der Waals surface area (Å²) in [4.78, 5) is 25.7. The molecule has 0 spiro atoms. The highest BCUT2D eigenvalue weighted by atomic mass is 16.5. The summed E-state index contributed by atoms with van der Waals surface area (Å²) < 4.78 is 9.67. The highest BCUT2D eigenvalue weighted by molar-refractivity contribution is 5.80. The van der Waals surface area contributed by atoms with E-state index in [0.717, 1.165) is 0 Å². The van der Waals surface area contributed by atoms with E-state index in [0.29, 0.717) is 19.8 Å². The molecule has 2 amide bonds. The van der Waals surface area contributed by atoms with E-state index in [2.05, 4.69) is 0 Å². The van der Waals surface area contributed by atoms with Gasteiger partial charge in [0.25, 0.3) is 0 Å². The molecular formula is C10H20N2O4. The third-order valence-electron chi connectivity index (χ3n) is 1.84. The van der Waals surface area contributed by atoms with Crippen LogP contribution in [0.3, 0.4) is 0 Å². The van der Waals surface area contributed by atoms with Gasteiger partial charge in [-0.05, 0) is 6.92 Å². The van der Waals surface area contributed by atoms with E-state index in [1.807, 2.05) is 0 Å². The van der Waals surface area contributed by atoms with E-state index in [1.54, 1.807) is 28.1 Å². The van der Waals surface area contributed by atoms with Gasteiger partial charge >= 0.3 is 12.0 Å². The van der Waals surface area contributed by atoms with Crippen molar-refractivity contribution in [3.05, 3.63) is 0 Å². The Kier molecular flexibility index (Phi) is 7.28. The van der Waals surface area contributed by atoms with E-state index in [9.17, 15) is 9.59 Å². The summed E-state index contributed by atoms with van der Waals surface area (Å²) in [5, 5.41) is 0. The molecule has 0 fully saturated rings. The molecule has 0 radical (unpaired) electrons. The molecule has 0 aliphatic carbocycles. The molecule has 94 valence electrons. The molecule has 0 saturated carbocycles. The van der Waals surface area contributed by atoms with Crippen LogP contribution < -0.4 is 0 Å². The van der Waals surface area contributed by atoms with E-state index in [-0.39, 0.29) is 12.6 Å². The van der Waals surface area contributed by atoms with Crippen LogP contribution >= 0.6 is 0 Å². The van der Waals surface area contributed by atoms with E-state index >= 15 is 0 Å². The van der Waals surface area contributed by atoms with E-state index in [1.165, 1.54) is 9.80 Å². The lowest BCUT2D eigenvalue weighted by Gasteiger charge is -2.24. The van der Waals surface area contributed by atoms with Gasteiger partial charge < -0.3 is 19.3 Å². The SMILES string of the molecule is CCOC(=O)CN(CCOC)C(=O)N(C)C. The Bertz CT molecular complexity index is 231. The number of urea groups is 1. The van der Waals surface area contributed by atoms with Crippen LogP contribution in [0.15, 0.2) is 0 Å².